The Labute approximate surface area is 113 Å². The molecule has 2 rings (SSSR count). The van der Waals surface area contributed by atoms with Crippen molar-refractivity contribution in [2.45, 2.75) is 6.42 Å². The van der Waals surface area contributed by atoms with E-state index in [0.717, 1.165) is 17.8 Å². The number of nitrogens with one attached hydrogen (secondary N) is 1. The number of nitrogens with zero attached hydrogens (tertiary/aromatic N) is 1. The smallest absolute Gasteiger partial charge is 0.246 e. The molecule has 0 radical (unpaired) electrons. The fourth-order valence-electron chi connectivity index (χ4n) is 2.07. The molecule has 0 fully saturated rings. The Hall–Kier alpha value is -1.59. The molecule has 1 aliphatic heterocycles. The summed E-state index contributed by atoms with van der Waals surface area (Å²) in [4.78, 5) is 13.8. The van der Waals surface area contributed by atoms with Gasteiger partial charge in [-0.1, -0.05) is 12.1 Å². The first kappa shape index (κ1) is 13.8. The predicted molar refractivity (Wildman–Crippen MR) is 74.6 cm³/mol. The molecule has 1 aliphatic rings. The maximum absolute atomic E-state index is 11.9. The monoisotopic (exact) mass is 264 g/mol. The largest absolute Gasteiger partial charge is 0.382 e. The number of carbonyl (C=O) groups excluding carboxylic acids is 1. The van der Waals surface area contributed by atoms with E-state index in [1.165, 1.54) is 0 Å². The van der Waals surface area contributed by atoms with E-state index in [9.17, 15) is 4.79 Å². The zero-order chi connectivity index (χ0) is 13.5. The topological polar surface area (TPSA) is 50.8 Å². The summed E-state index contributed by atoms with van der Waals surface area (Å²) in [5.41, 5.74) is 1.97. The Morgan fingerprint density at radius 3 is 2.95 bits per heavy atom. The molecule has 104 valence electrons. The molecule has 0 bridgehead atoms. The summed E-state index contributed by atoms with van der Waals surface area (Å²) in [5, 5.41) is 3.12. The van der Waals surface area contributed by atoms with Gasteiger partial charge in [0.15, 0.2) is 0 Å². The van der Waals surface area contributed by atoms with Crippen LogP contribution in [0.15, 0.2) is 24.3 Å². The molecule has 0 atom stereocenters. The van der Waals surface area contributed by atoms with Crippen LogP contribution in [0.2, 0.25) is 0 Å². The summed E-state index contributed by atoms with van der Waals surface area (Å²) in [6, 6.07) is 7.86. The molecule has 0 spiro atoms. The highest BCUT2D eigenvalue weighted by Gasteiger charge is 2.22. The number of amides is 1. The summed E-state index contributed by atoms with van der Waals surface area (Å²) in [7, 11) is 1.65. The number of benzene rings is 1. The maximum Gasteiger partial charge on any atom is 0.246 e. The number of methoxy groups -OCH3 is 1. The van der Waals surface area contributed by atoms with Crippen molar-refractivity contribution in [2.75, 3.05) is 50.2 Å². The molecule has 0 unspecified atom stereocenters. The fourth-order valence-corrected chi connectivity index (χ4v) is 2.07. The van der Waals surface area contributed by atoms with Gasteiger partial charge in [-0.05, 0) is 18.6 Å². The minimum atomic E-state index is 0.107. The van der Waals surface area contributed by atoms with Crippen LogP contribution in [0, 0.1) is 0 Å². The first-order chi connectivity index (χ1) is 9.33. The first-order valence-corrected chi connectivity index (χ1v) is 6.53. The van der Waals surface area contributed by atoms with Gasteiger partial charge in [-0.2, -0.15) is 0 Å². The fraction of sp³-hybridized carbons (Fsp3) is 0.500. The third kappa shape index (κ3) is 3.68. The van der Waals surface area contributed by atoms with Crippen molar-refractivity contribution in [3.63, 3.8) is 0 Å². The van der Waals surface area contributed by atoms with Gasteiger partial charge >= 0.3 is 0 Å². The number of hydrogen-bond donors (Lipinski definition) is 1. The molecule has 1 aromatic carbocycles. The van der Waals surface area contributed by atoms with Crippen molar-refractivity contribution in [1.29, 1.82) is 0 Å². The van der Waals surface area contributed by atoms with E-state index in [-0.39, 0.29) is 5.91 Å². The van der Waals surface area contributed by atoms with Crippen LogP contribution in [0.1, 0.15) is 6.42 Å². The van der Waals surface area contributed by atoms with Crippen molar-refractivity contribution in [3.8, 4) is 0 Å². The summed E-state index contributed by atoms with van der Waals surface area (Å²) in [5.74, 6) is 0.107. The Kier molecular flexibility index (Phi) is 5.18. The quantitative estimate of drug-likeness (QED) is 0.758. The lowest BCUT2D eigenvalue weighted by Gasteiger charge is -2.30. The Morgan fingerprint density at radius 1 is 1.26 bits per heavy atom. The lowest BCUT2D eigenvalue weighted by atomic mass is 10.2. The second-order valence-electron chi connectivity index (χ2n) is 4.37. The molecular weight excluding hydrogens is 244 g/mol. The second-order valence-corrected chi connectivity index (χ2v) is 4.37. The molecule has 1 amide bonds. The lowest BCUT2D eigenvalue weighted by molar-refractivity contribution is -0.117. The first-order valence-electron chi connectivity index (χ1n) is 6.53. The van der Waals surface area contributed by atoms with Crippen molar-refractivity contribution in [2.24, 2.45) is 0 Å². The van der Waals surface area contributed by atoms with Crippen LogP contribution >= 0.6 is 0 Å². The van der Waals surface area contributed by atoms with E-state index in [0.29, 0.717) is 32.9 Å². The lowest BCUT2D eigenvalue weighted by Crippen LogP contribution is -2.40. The highest BCUT2D eigenvalue weighted by atomic mass is 16.5. The zero-order valence-electron chi connectivity index (χ0n) is 11.2. The number of para-hydroxylation sites is 2. The molecule has 0 aromatic heterocycles. The van der Waals surface area contributed by atoms with E-state index in [2.05, 4.69) is 5.32 Å². The van der Waals surface area contributed by atoms with Crippen LogP contribution < -0.4 is 10.2 Å². The summed E-state index contributed by atoms with van der Waals surface area (Å²) in [6.45, 7) is 2.90. The Bertz CT molecular complexity index is 423. The molecule has 1 aromatic rings. The van der Waals surface area contributed by atoms with Crippen LogP contribution in [0.25, 0.3) is 0 Å². The molecule has 0 saturated heterocycles. The molecular formula is C14H20N2O3. The third-order valence-electron chi connectivity index (χ3n) is 3.03. The van der Waals surface area contributed by atoms with Gasteiger partial charge in [0, 0.05) is 20.3 Å². The minimum absolute atomic E-state index is 0.107. The minimum Gasteiger partial charge on any atom is -0.382 e. The van der Waals surface area contributed by atoms with Gasteiger partial charge in [-0.15, -0.1) is 0 Å². The van der Waals surface area contributed by atoms with Crippen LogP contribution in [-0.2, 0) is 14.3 Å². The molecule has 19 heavy (non-hydrogen) atoms. The highest BCUT2D eigenvalue weighted by Crippen LogP contribution is 2.28. The van der Waals surface area contributed by atoms with Gasteiger partial charge in [0.25, 0.3) is 0 Å². The van der Waals surface area contributed by atoms with Gasteiger partial charge in [-0.3, -0.25) is 4.79 Å². The molecule has 5 nitrogen and oxygen atoms in total. The third-order valence-corrected chi connectivity index (χ3v) is 3.03. The summed E-state index contributed by atoms with van der Waals surface area (Å²) >= 11 is 0. The van der Waals surface area contributed by atoms with Gasteiger partial charge in [-0.25, -0.2) is 0 Å². The Morgan fingerprint density at radius 2 is 2.11 bits per heavy atom. The zero-order valence-corrected chi connectivity index (χ0v) is 11.2. The standard InChI is InChI=1S/C14H20N2O3/c1-18-9-10-19-8-4-7-16-13-6-3-2-5-12(13)15-11-14(16)17/h2-3,5-6,15H,4,7-11H2,1H3. The van der Waals surface area contributed by atoms with Crippen LogP contribution in [0.5, 0.6) is 0 Å². The number of rotatable bonds is 7. The number of carbonyl (C=O) groups is 1. The predicted octanol–water partition coefficient (Wildman–Crippen LogP) is 1.50. The van der Waals surface area contributed by atoms with Crippen LogP contribution in [-0.4, -0.2) is 45.9 Å². The SMILES string of the molecule is COCCOCCCN1C(=O)CNc2ccccc21. The number of fused-ring (bicyclic) bond motifs is 1. The Balaban J connectivity index is 1.84. The van der Waals surface area contributed by atoms with Crippen LogP contribution in [0.4, 0.5) is 11.4 Å². The molecule has 5 heteroatoms. The average molecular weight is 264 g/mol. The van der Waals surface area contributed by atoms with E-state index in [4.69, 9.17) is 9.47 Å². The van der Waals surface area contributed by atoms with E-state index < -0.39 is 0 Å². The van der Waals surface area contributed by atoms with Gasteiger partial charge in [0.05, 0.1) is 31.1 Å². The number of anilines is 2. The van der Waals surface area contributed by atoms with Crippen molar-refractivity contribution < 1.29 is 14.3 Å². The van der Waals surface area contributed by atoms with Crippen LogP contribution in [0.3, 0.4) is 0 Å². The van der Waals surface area contributed by atoms with E-state index in [1.54, 1.807) is 7.11 Å². The number of hydrogen-bond acceptors (Lipinski definition) is 4. The molecule has 1 heterocycles. The molecule has 0 aliphatic carbocycles. The van der Waals surface area contributed by atoms with Gasteiger partial charge in [0.2, 0.25) is 5.91 Å². The van der Waals surface area contributed by atoms with E-state index in [1.807, 2.05) is 29.2 Å². The molecule has 1 N–H and O–H groups in total. The second kappa shape index (κ2) is 7.11. The summed E-state index contributed by atoms with van der Waals surface area (Å²) in [6.07, 6.45) is 0.823. The maximum atomic E-state index is 11.9. The van der Waals surface area contributed by atoms with Gasteiger partial charge < -0.3 is 19.7 Å². The van der Waals surface area contributed by atoms with Crippen molar-refractivity contribution in [1.82, 2.24) is 0 Å². The number of ether oxygens (including phenoxy) is 2. The molecule has 0 saturated carbocycles. The van der Waals surface area contributed by atoms with Crippen molar-refractivity contribution in [3.05, 3.63) is 24.3 Å². The van der Waals surface area contributed by atoms with Gasteiger partial charge in [0.1, 0.15) is 0 Å². The highest BCUT2D eigenvalue weighted by molar-refractivity contribution is 6.02. The summed E-state index contributed by atoms with van der Waals surface area (Å²) < 4.78 is 10.3. The van der Waals surface area contributed by atoms with E-state index >= 15 is 0 Å². The van der Waals surface area contributed by atoms with Crippen molar-refractivity contribution >= 4 is 17.3 Å². The average Bonchev–Trinajstić information content (AvgIpc) is 2.44. The normalized spacial score (nSPS) is 14.2.